The summed E-state index contributed by atoms with van der Waals surface area (Å²) in [6.45, 7) is -2.39. The van der Waals surface area contributed by atoms with Crippen molar-refractivity contribution in [3.63, 3.8) is 0 Å². The highest BCUT2D eigenvalue weighted by Crippen LogP contribution is 2.38. The molecule has 0 unspecified atom stereocenters. The molecule has 1 aliphatic carbocycles. The first-order chi connectivity index (χ1) is 16.1. The highest BCUT2D eigenvalue weighted by Gasteiger charge is 2.30. The van der Waals surface area contributed by atoms with E-state index in [1.807, 2.05) is 0 Å². The average Bonchev–Trinajstić information content (AvgIpc) is 3.18. The molecular weight excluding hydrogens is 476 g/mol. The van der Waals surface area contributed by atoms with Crippen LogP contribution in [0.2, 0.25) is 5.02 Å². The van der Waals surface area contributed by atoms with Crippen molar-refractivity contribution in [1.29, 1.82) is 0 Å². The van der Waals surface area contributed by atoms with Crippen LogP contribution in [0.1, 0.15) is 33.6 Å². The van der Waals surface area contributed by atoms with Gasteiger partial charge in [0.2, 0.25) is 0 Å². The fraction of sp³-hybridized carbons (Fsp3) is 0.208. The third kappa shape index (κ3) is 5.04. The first-order valence-electron chi connectivity index (χ1n) is 10.2. The van der Waals surface area contributed by atoms with E-state index in [2.05, 4.69) is 4.98 Å². The van der Waals surface area contributed by atoms with Crippen LogP contribution in [0.5, 0.6) is 0 Å². The zero-order valence-corrected chi connectivity index (χ0v) is 18.3. The van der Waals surface area contributed by atoms with Gasteiger partial charge in [-0.1, -0.05) is 35.9 Å². The lowest BCUT2D eigenvalue weighted by atomic mass is 10.0. The van der Waals surface area contributed by atoms with Crippen molar-refractivity contribution in [2.75, 3.05) is 13.2 Å². The van der Waals surface area contributed by atoms with Crippen LogP contribution in [0.4, 0.5) is 17.6 Å². The largest absolute Gasteiger partial charge is 0.452 e. The number of hydrogen-bond donors (Lipinski definition) is 1. The van der Waals surface area contributed by atoms with Crippen LogP contribution in [0, 0.1) is 5.82 Å². The van der Waals surface area contributed by atoms with Crippen LogP contribution in [-0.2, 0) is 16.0 Å². The Bertz CT molecular complexity index is 1300. The molecule has 10 heteroatoms. The molecule has 176 valence electrons. The van der Waals surface area contributed by atoms with E-state index in [1.165, 1.54) is 12.1 Å². The summed E-state index contributed by atoms with van der Waals surface area (Å²) >= 11 is 6.15. The van der Waals surface area contributed by atoms with E-state index in [9.17, 15) is 27.2 Å². The minimum absolute atomic E-state index is 0.173. The van der Waals surface area contributed by atoms with E-state index < -0.39 is 37.0 Å². The summed E-state index contributed by atoms with van der Waals surface area (Å²) in [6, 6.07) is 11.1. The first kappa shape index (κ1) is 23.7. The fourth-order valence-electron chi connectivity index (χ4n) is 3.79. The van der Waals surface area contributed by atoms with Gasteiger partial charge < -0.3 is 10.1 Å². The van der Waals surface area contributed by atoms with E-state index in [0.29, 0.717) is 40.6 Å². The summed E-state index contributed by atoms with van der Waals surface area (Å²) < 4.78 is 56.2. The van der Waals surface area contributed by atoms with Gasteiger partial charge in [-0.25, -0.2) is 14.2 Å². The van der Waals surface area contributed by atoms with Gasteiger partial charge in [0.15, 0.2) is 6.61 Å². The number of carbonyl (C=O) groups excluding carboxylic acids is 2. The number of benzene rings is 2. The predicted molar refractivity (Wildman–Crippen MR) is 119 cm³/mol. The molecule has 0 spiro atoms. The second-order valence-corrected chi connectivity index (χ2v) is 8.01. The summed E-state index contributed by atoms with van der Waals surface area (Å²) in [5, 5.41) is 2.36. The number of pyridine rings is 1. The maximum atomic E-state index is 14.3. The van der Waals surface area contributed by atoms with Gasteiger partial charge in [-0.3, -0.25) is 4.79 Å². The lowest BCUT2D eigenvalue weighted by Gasteiger charge is -2.13. The van der Waals surface area contributed by atoms with Gasteiger partial charge in [0.05, 0.1) is 21.8 Å². The zero-order chi connectivity index (χ0) is 24.5. The lowest BCUT2D eigenvalue weighted by Crippen LogP contribution is -2.36. The summed E-state index contributed by atoms with van der Waals surface area (Å²) in [5.41, 5.74) is 2.55. The van der Waals surface area contributed by atoms with E-state index in [4.69, 9.17) is 16.3 Å². The third-order valence-corrected chi connectivity index (χ3v) is 5.61. The standard InChI is InChI=1S/C24H17ClF4N2O3/c25-17-5-3-6-18(26)16(17)10-13-8-9-15-21(14-4-1-2-7-19(14)31-22(13)15)23(33)34-11-20(32)30-12-24(27,28)29/h1-7,10H,8-9,11-12H2,(H,30,32). The van der Waals surface area contributed by atoms with E-state index in [-0.39, 0.29) is 16.1 Å². The first-order valence-corrected chi connectivity index (χ1v) is 10.6. The molecule has 34 heavy (non-hydrogen) atoms. The second-order valence-electron chi connectivity index (χ2n) is 7.60. The molecule has 4 rings (SSSR count). The quantitative estimate of drug-likeness (QED) is 0.385. The van der Waals surface area contributed by atoms with E-state index >= 15 is 0 Å². The SMILES string of the molecule is O=C(COC(=O)c1c2c(nc3ccccc13)C(=Cc1c(F)cccc1Cl)CC2)NCC(F)(F)F. The predicted octanol–water partition coefficient (Wildman–Crippen LogP) is 5.35. The number of allylic oxidation sites excluding steroid dienone is 1. The Morgan fingerprint density at radius 2 is 1.88 bits per heavy atom. The molecule has 2 aromatic carbocycles. The molecule has 1 aromatic heterocycles. The van der Waals surface area contributed by atoms with Crippen molar-refractivity contribution in [2.24, 2.45) is 0 Å². The molecule has 1 amide bonds. The number of ether oxygens (including phenoxy) is 1. The van der Waals surface area contributed by atoms with Crippen LogP contribution < -0.4 is 5.32 Å². The zero-order valence-electron chi connectivity index (χ0n) is 17.5. The maximum Gasteiger partial charge on any atom is 0.405 e. The van der Waals surface area contributed by atoms with Gasteiger partial charge in [-0.15, -0.1) is 0 Å². The van der Waals surface area contributed by atoms with Crippen LogP contribution in [-0.4, -0.2) is 36.2 Å². The van der Waals surface area contributed by atoms with Crippen molar-refractivity contribution >= 4 is 46.0 Å². The molecule has 0 bridgehead atoms. The van der Waals surface area contributed by atoms with Gasteiger partial charge in [-0.2, -0.15) is 13.2 Å². The molecule has 3 aromatic rings. The van der Waals surface area contributed by atoms with Crippen molar-refractivity contribution in [2.45, 2.75) is 19.0 Å². The highest BCUT2D eigenvalue weighted by molar-refractivity contribution is 6.32. The van der Waals surface area contributed by atoms with Gasteiger partial charge >= 0.3 is 12.1 Å². The number of hydrogen-bond acceptors (Lipinski definition) is 4. The van der Waals surface area contributed by atoms with Crippen LogP contribution in [0.25, 0.3) is 22.6 Å². The van der Waals surface area contributed by atoms with Gasteiger partial charge in [0, 0.05) is 10.9 Å². The minimum atomic E-state index is -4.58. The smallest absolute Gasteiger partial charge is 0.405 e. The number of carbonyl (C=O) groups is 2. The monoisotopic (exact) mass is 492 g/mol. The summed E-state index contributed by atoms with van der Waals surface area (Å²) in [4.78, 5) is 29.3. The number of esters is 1. The molecule has 1 heterocycles. The number of rotatable bonds is 5. The number of nitrogens with zero attached hydrogens (tertiary/aromatic N) is 1. The molecule has 1 aliphatic rings. The second kappa shape index (κ2) is 9.42. The normalized spacial score (nSPS) is 14.3. The van der Waals surface area contributed by atoms with Crippen LogP contribution in [0.15, 0.2) is 42.5 Å². The van der Waals surface area contributed by atoms with Crippen LogP contribution >= 0.6 is 11.6 Å². The summed E-state index contributed by atoms with van der Waals surface area (Å²) in [5.74, 6) is -2.43. The van der Waals surface area contributed by atoms with Crippen LogP contribution in [0.3, 0.4) is 0 Å². The molecule has 1 N–H and O–H groups in total. The lowest BCUT2D eigenvalue weighted by molar-refractivity contribution is -0.140. The van der Waals surface area contributed by atoms with Crippen molar-refractivity contribution in [3.05, 3.63) is 75.7 Å². The number of fused-ring (bicyclic) bond motifs is 2. The van der Waals surface area contributed by atoms with Crippen molar-refractivity contribution in [1.82, 2.24) is 10.3 Å². The summed E-state index contributed by atoms with van der Waals surface area (Å²) in [6.07, 6.45) is -2.14. The summed E-state index contributed by atoms with van der Waals surface area (Å²) in [7, 11) is 0. The Kier molecular flexibility index (Phi) is 6.56. The van der Waals surface area contributed by atoms with E-state index in [1.54, 1.807) is 41.7 Å². The minimum Gasteiger partial charge on any atom is -0.452 e. The van der Waals surface area contributed by atoms with Gasteiger partial charge in [0.1, 0.15) is 12.4 Å². The molecule has 0 saturated heterocycles. The molecule has 0 radical (unpaired) electrons. The number of nitrogens with one attached hydrogen (secondary N) is 1. The number of para-hydroxylation sites is 1. The Morgan fingerprint density at radius 3 is 2.62 bits per heavy atom. The molecule has 0 aliphatic heterocycles. The molecule has 5 nitrogen and oxygen atoms in total. The molecule has 0 saturated carbocycles. The highest BCUT2D eigenvalue weighted by atomic mass is 35.5. The average molecular weight is 493 g/mol. The van der Waals surface area contributed by atoms with E-state index in [0.717, 1.165) is 0 Å². The Balaban J connectivity index is 1.68. The Labute approximate surface area is 196 Å². The number of halogens is 5. The maximum absolute atomic E-state index is 14.3. The Morgan fingerprint density at radius 1 is 1.12 bits per heavy atom. The number of amides is 1. The molecular formula is C24H17ClF4N2O3. The fourth-order valence-corrected chi connectivity index (χ4v) is 4.01. The number of alkyl halides is 3. The number of aromatic nitrogens is 1. The topological polar surface area (TPSA) is 68.3 Å². The third-order valence-electron chi connectivity index (χ3n) is 5.28. The van der Waals surface area contributed by atoms with Crippen molar-refractivity contribution in [3.8, 4) is 0 Å². The Hall–Kier alpha value is -3.46. The molecule has 0 fully saturated rings. The molecule has 0 atom stereocenters. The van der Waals surface area contributed by atoms with Gasteiger partial charge in [-0.05, 0) is 48.3 Å². The van der Waals surface area contributed by atoms with Gasteiger partial charge in [0.25, 0.3) is 5.91 Å². The van der Waals surface area contributed by atoms with Crippen molar-refractivity contribution < 1.29 is 31.9 Å².